The minimum atomic E-state index is -0.513. The summed E-state index contributed by atoms with van der Waals surface area (Å²) in [5.74, 6) is 0.00554. The molecule has 122 valence electrons. The molecule has 1 aromatic carbocycles. The van der Waals surface area contributed by atoms with Crippen LogP contribution in [0, 0.1) is 6.92 Å². The fourth-order valence-corrected chi connectivity index (χ4v) is 2.32. The van der Waals surface area contributed by atoms with Gasteiger partial charge in [-0.2, -0.15) is 0 Å². The molecule has 2 aromatic heterocycles. The average Bonchev–Trinajstić information content (AvgIpc) is 3.11. The number of amides is 1. The van der Waals surface area contributed by atoms with Gasteiger partial charge in [0.25, 0.3) is 11.5 Å². The molecule has 0 bridgehead atoms. The molecule has 0 spiro atoms. The summed E-state index contributed by atoms with van der Waals surface area (Å²) < 4.78 is 5.22. The first-order chi connectivity index (χ1) is 11.6. The molecule has 24 heavy (non-hydrogen) atoms. The molecule has 0 aliphatic heterocycles. The van der Waals surface area contributed by atoms with E-state index in [-0.39, 0.29) is 12.2 Å². The number of aryl methyl sites for hydroxylation is 1. The maximum absolute atomic E-state index is 12.4. The molecule has 2 heterocycles. The van der Waals surface area contributed by atoms with E-state index in [9.17, 15) is 14.7 Å². The van der Waals surface area contributed by atoms with Gasteiger partial charge < -0.3 is 19.8 Å². The Morgan fingerprint density at radius 3 is 2.75 bits per heavy atom. The second-order valence-corrected chi connectivity index (χ2v) is 5.35. The molecule has 6 heteroatoms. The lowest BCUT2D eigenvalue weighted by atomic mass is 10.1. The van der Waals surface area contributed by atoms with Crippen LogP contribution in [0.2, 0.25) is 0 Å². The number of benzene rings is 1. The SMILES string of the molecule is Cc1ccc(CO)cc1NC(=O)c1ccc(-c2ccco2)[nH]c1=O. The highest BCUT2D eigenvalue weighted by atomic mass is 16.3. The van der Waals surface area contributed by atoms with E-state index in [0.717, 1.165) is 5.56 Å². The van der Waals surface area contributed by atoms with Crippen molar-refractivity contribution in [2.24, 2.45) is 0 Å². The van der Waals surface area contributed by atoms with Crippen molar-refractivity contribution in [2.75, 3.05) is 5.32 Å². The topological polar surface area (TPSA) is 95.3 Å². The number of aliphatic hydroxyl groups is 1. The Bertz CT molecular complexity index is 926. The maximum Gasteiger partial charge on any atom is 0.261 e. The van der Waals surface area contributed by atoms with Gasteiger partial charge in [-0.25, -0.2) is 0 Å². The molecular weight excluding hydrogens is 308 g/mol. The Hall–Kier alpha value is -3.12. The van der Waals surface area contributed by atoms with Crippen LogP contribution in [0.15, 0.2) is 57.9 Å². The van der Waals surface area contributed by atoms with Crippen molar-refractivity contribution in [2.45, 2.75) is 13.5 Å². The van der Waals surface area contributed by atoms with Crippen LogP contribution in [0.5, 0.6) is 0 Å². The van der Waals surface area contributed by atoms with E-state index in [0.29, 0.717) is 22.7 Å². The molecule has 0 aliphatic rings. The first-order valence-electron chi connectivity index (χ1n) is 7.37. The smallest absolute Gasteiger partial charge is 0.261 e. The van der Waals surface area contributed by atoms with Gasteiger partial charge in [0.2, 0.25) is 0 Å². The van der Waals surface area contributed by atoms with E-state index in [1.807, 2.05) is 6.92 Å². The summed E-state index contributed by atoms with van der Waals surface area (Å²) in [6.45, 7) is 1.71. The first-order valence-corrected chi connectivity index (χ1v) is 7.37. The van der Waals surface area contributed by atoms with Gasteiger partial charge in [-0.3, -0.25) is 9.59 Å². The molecule has 0 fully saturated rings. The summed E-state index contributed by atoms with van der Waals surface area (Å²) in [7, 11) is 0. The third-order valence-corrected chi connectivity index (χ3v) is 3.67. The summed E-state index contributed by atoms with van der Waals surface area (Å²) >= 11 is 0. The number of carbonyl (C=O) groups is 1. The third-order valence-electron chi connectivity index (χ3n) is 3.67. The van der Waals surface area contributed by atoms with E-state index in [4.69, 9.17) is 4.42 Å². The van der Waals surface area contributed by atoms with Crippen LogP contribution in [0.1, 0.15) is 21.5 Å². The molecule has 1 amide bonds. The van der Waals surface area contributed by atoms with Crippen LogP contribution < -0.4 is 10.9 Å². The van der Waals surface area contributed by atoms with Crippen LogP contribution in [0.3, 0.4) is 0 Å². The summed E-state index contributed by atoms with van der Waals surface area (Å²) in [4.78, 5) is 27.2. The lowest BCUT2D eigenvalue weighted by molar-refractivity contribution is 0.102. The second kappa shape index (κ2) is 6.55. The van der Waals surface area contributed by atoms with Gasteiger partial charge >= 0.3 is 0 Å². The standard InChI is InChI=1S/C18H16N2O4/c1-11-4-5-12(10-21)9-15(11)20-18(23)13-6-7-14(19-17(13)22)16-3-2-8-24-16/h2-9,21H,10H2,1H3,(H,19,22)(H,20,23). The second-order valence-electron chi connectivity index (χ2n) is 5.35. The fraction of sp³-hybridized carbons (Fsp3) is 0.111. The summed E-state index contributed by atoms with van der Waals surface area (Å²) in [6.07, 6.45) is 1.51. The van der Waals surface area contributed by atoms with Crippen molar-refractivity contribution < 1.29 is 14.3 Å². The minimum absolute atomic E-state index is 0.000826. The average molecular weight is 324 g/mol. The zero-order chi connectivity index (χ0) is 17.1. The molecule has 0 unspecified atom stereocenters. The van der Waals surface area contributed by atoms with Gasteiger partial charge in [0.15, 0.2) is 0 Å². The Morgan fingerprint density at radius 2 is 2.08 bits per heavy atom. The highest BCUT2D eigenvalue weighted by Crippen LogP contribution is 2.19. The number of carbonyl (C=O) groups excluding carboxylic acids is 1. The number of aliphatic hydroxyl groups excluding tert-OH is 1. The number of hydrogen-bond donors (Lipinski definition) is 3. The zero-order valence-electron chi connectivity index (χ0n) is 13.0. The highest BCUT2D eigenvalue weighted by molar-refractivity contribution is 6.04. The van der Waals surface area contributed by atoms with E-state index in [2.05, 4.69) is 10.3 Å². The number of aromatic nitrogens is 1. The van der Waals surface area contributed by atoms with Gasteiger partial charge in [-0.1, -0.05) is 12.1 Å². The van der Waals surface area contributed by atoms with Crippen molar-refractivity contribution in [3.63, 3.8) is 0 Å². The Labute approximate surface area is 137 Å². The monoisotopic (exact) mass is 324 g/mol. The zero-order valence-corrected chi connectivity index (χ0v) is 13.0. The van der Waals surface area contributed by atoms with Gasteiger partial charge in [0, 0.05) is 5.69 Å². The van der Waals surface area contributed by atoms with Crippen LogP contribution in [0.25, 0.3) is 11.5 Å². The predicted octanol–water partition coefficient (Wildman–Crippen LogP) is 2.69. The van der Waals surface area contributed by atoms with Gasteiger partial charge in [0.05, 0.1) is 18.6 Å². The molecule has 3 rings (SSSR count). The lowest BCUT2D eigenvalue weighted by Crippen LogP contribution is -2.23. The Balaban J connectivity index is 1.87. The fourth-order valence-electron chi connectivity index (χ4n) is 2.32. The van der Waals surface area contributed by atoms with Crippen molar-refractivity contribution in [1.82, 2.24) is 4.98 Å². The summed E-state index contributed by atoms with van der Waals surface area (Å²) in [5.41, 5.74) is 2.07. The molecular formula is C18H16N2O4. The number of hydrogen-bond acceptors (Lipinski definition) is 4. The lowest BCUT2D eigenvalue weighted by Gasteiger charge is -2.10. The molecule has 3 N–H and O–H groups in total. The highest BCUT2D eigenvalue weighted by Gasteiger charge is 2.13. The van der Waals surface area contributed by atoms with Crippen molar-refractivity contribution in [1.29, 1.82) is 0 Å². The molecule has 0 atom stereocenters. The first kappa shape index (κ1) is 15.8. The van der Waals surface area contributed by atoms with Crippen LogP contribution >= 0.6 is 0 Å². The number of pyridine rings is 1. The van der Waals surface area contributed by atoms with Gasteiger partial charge in [-0.15, -0.1) is 0 Å². The van der Waals surface area contributed by atoms with Gasteiger partial charge in [-0.05, 0) is 48.4 Å². The molecule has 0 saturated carbocycles. The number of aromatic amines is 1. The quantitative estimate of drug-likeness (QED) is 0.687. The minimum Gasteiger partial charge on any atom is -0.463 e. The maximum atomic E-state index is 12.4. The Morgan fingerprint density at radius 1 is 1.25 bits per heavy atom. The van der Waals surface area contributed by atoms with Crippen LogP contribution in [-0.2, 0) is 6.61 Å². The molecule has 0 saturated heterocycles. The van der Waals surface area contributed by atoms with E-state index < -0.39 is 11.5 Å². The van der Waals surface area contributed by atoms with Crippen LogP contribution in [-0.4, -0.2) is 16.0 Å². The molecule has 0 radical (unpaired) electrons. The van der Waals surface area contributed by atoms with E-state index in [1.54, 1.807) is 36.4 Å². The normalized spacial score (nSPS) is 10.6. The largest absolute Gasteiger partial charge is 0.463 e. The molecule has 3 aromatic rings. The van der Waals surface area contributed by atoms with Crippen molar-refractivity contribution in [3.8, 4) is 11.5 Å². The van der Waals surface area contributed by atoms with E-state index in [1.165, 1.54) is 12.3 Å². The molecule has 0 aliphatic carbocycles. The number of anilines is 1. The Kier molecular flexibility index (Phi) is 4.31. The number of rotatable bonds is 4. The van der Waals surface area contributed by atoms with Gasteiger partial charge in [0.1, 0.15) is 11.3 Å². The number of H-pyrrole nitrogens is 1. The summed E-state index contributed by atoms with van der Waals surface area (Å²) in [6, 6.07) is 11.8. The van der Waals surface area contributed by atoms with E-state index >= 15 is 0 Å². The molecule has 6 nitrogen and oxygen atoms in total. The number of nitrogens with one attached hydrogen (secondary N) is 2. The third kappa shape index (κ3) is 3.13. The van der Waals surface area contributed by atoms with Crippen LogP contribution in [0.4, 0.5) is 5.69 Å². The van der Waals surface area contributed by atoms with Crippen molar-refractivity contribution in [3.05, 3.63) is 75.8 Å². The number of furan rings is 1. The van der Waals surface area contributed by atoms with Crippen molar-refractivity contribution >= 4 is 11.6 Å². The summed E-state index contributed by atoms with van der Waals surface area (Å²) in [5, 5.41) is 11.9. The predicted molar refractivity (Wildman–Crippen MR) is 89.8 cm³/mol.